The van der Waals surface area contributed by atoms with Crippen LogP contribution in [0.1, 0.15) is 11.1 Å². The van der Waals surface area contributed by atoms with E-state index in [0.29, 0.717) is 12.1 Å². The minimum atomic E-state index is -0.0884. The number of pyridine rings is 1. The van der Waals surface area contributed by atoms with Crippen molar-refractivity contribution in [3.8, 4) is 0 Å². The number of hydrogen-bond donors (Lipinski definition) is 5. The van der Waals surface area contributed by atoms with E-state index in [4.69, 9.17) is 17.3 Å². The first-order chi connectivity index (χ1) is 12.1. The van der Waals surface area contributed by atoms with Crippen LogP contribution in [0.5, 0.6) is 0 Å². The van der Waals surface area contributed by atoms with Gasteiger partial charge in [-0.05, 0) is 23.8 Å². The van der Waals surface area contributed by atoms with Gasteiger partial charge < -0.3 is 21.4 Å². The molecular formula is C15H17N9S. The van der Waals surface area contributed by atoms with Gasteiger partial charge in [0.1, 0.15) is 11.0 Å². The van der Waals surface area contributed by atoms with Gasteiger partial charge in [-0.3, -0.25) is 0 Å². The standard InChI is InChI=1S/C15H17N9S/c16-13(22-23-18)9-4-11-14(19-5-9)24(7-20-11)6-8-1-2-10-12(3-8)25-15(17)21-10/h1-5,7,15,21,23H,6,17-18H2,(H2,16,22). The molecule has 25 heavy (non-hydrogen) atoms. The lowest BCUT2D eigenvalue weighted by molar-refractivity contribution is 0.803. The summed E-state index contributed by atoms with van der Waals surface area (Å²) < 4.78 is 1.99. The number of fused-ring (bicyclic) bond motifs is 2. The highest BCUT2D eigenvalue weighted by atomic mass is 32.2. The summed E-state index contributed by atoms with van der Waals surface area (Å²) in [7, 11) is 0. The van der Waals surface area contributed by atoms with Crippen LogP contribution in [0.3, 0.4) is 0 Å². The maximum Gasteiger partial charge on any atom is 0.160 e. The van der Waals surface area contributed by atoms with E-state index < -0.39 is 0 Å². The Morgan fingerprint density at radius 1 is 1.36 bits per heavy atom. The molecule has 1 aromatic carbocycles. The normalized spacial score (nSPS) is 16.7. The van der Waals surface area contributed by atoms with E-state index in [2.05, 4.69) is 38.1 Å². The molecule has 0 radical (unpaired) electrons. The molecular weight excluding hydrogens is 338 g/mol. The second-order valence-corrected chi connectivity index (χ2v) is 6.76. The Kier molecular flexibility index (Phi) is 3.92. The number of nitrogens with zero attached hydrogens (tertiary/aromatic N) is 4. The molecule has 1 aliphatic heterocycles. The quantitative estimate of drug-likeness (QED) is 0.195. The van der Waals surface area contributed by atoms with Gasteiger partial charge in [0.05, 0.1) is 12.9 Å². The highest BCUT2D eigenvalue weighted by molar-refractivity contribution is 8.00. The predicted octanol–water partition coefficient (Wildman–Crippen LogP) is 0.323. The highest BCUT2D eigenvalue weighted by Crippen LogP contribution is 2.36. The minimum Gasteiger partial charge on any atom is -0.382 e. The Balaban J connectivity index is 1.62. The van der Waals surface area contributed by atoms with Crippen molar-refractivity contribution in [1.29, 1.82) is 0 Å². The van der Waals surface area contributed by atoms with Crippen molar-refractivity contribution in [3.63, 3.8) is 0 Å². The van der Waals surface area contributed by atoms with Gasteiger partial charge in [0.2, 0.25) is 0 Å². The lowest BCUT2D eigenvalue weighted by atomic mass is 10.2. The molecule has 4 rings (SSSR count). The monoisotopic (exact) mass is 355 g/mol. The van der Waals surface area contributed by atoms with Gasteiger partial charge in [0, 0.05) is 22.3 Å². The Morgan fingerprint density at radius 3 is 3.08 bits per heavy atom. The van der Waals surface area contributed by atoms with E-state index in [1.165, 1.54) is 0 Å². The number of thioether (sulfide) groups is 1. The number of nitrogens with one attached hydrogen (secondary N) is 2. The third-order valence-electron chi connectivity index (χ3n) is 3.89. The van der Waals surface area contributed by atoms with Gasteiger partial charge in [0.15, 0.2) is 11.5 Å². The number of anilines is 1. The molecule has 1 atom stereocenters. The van der Waals surface area contributed by atoms with Crippen LogP contribution in [0.25, 0.3) is 11.2 Å². The maximum absolute atomic E-state index is 5.90. The molecule has 0 aliphatic carbocycles. The molecule has 0 saturated heterocycles. The van der Waals surface area contributed by atoms with E-state index >= 15 is 0 Å². The van der Waals surface area contributed by atoms with E-state index in [9.17, 15) is 0 Å². The molecule has 0 amide bonds. The van der Waals surface area contributed by atoms with Crippen molar-refractivity contribution < 1.29 is 0 Å². The fourth-order valence-corrected chi connectivity index (χ4v) is 3.67. The van der Waals surface area contributed by atoms with Crippen LogP contribution >= 0.6 is 11.8 Å². The Morgan fingerprint density at radius 2 is 2.24 bits per heavy atom. The summed E-state index contributed by atoms with van der Waals surface area (Å²) in [4.78, 5) is 10.0. The average molecular weight is 355 g/mol. The molecule has 0 bridgehead atoms. The van der Waals surface area contributed by atoms with Crippen LogP contribution in [-0.4, -0.2) is 25.9 Å². The zero-order chi connectivity index (χ0) is 17.4. The van der Waals surface area contributed by atoms with Crippen LogP contribution in [0.15, 0.2) is 46.8 Å². The largest absolute Gasteiger partial charge is 0.382 e. The van der Waals surface area contributed by atoms with Crippen LogP contribution in [0, 0.1) is 0 Å². The van der Waals surface area contributed by atoms with Gasteiger partial charge in [-0.15, -0.1) is 5.10 Å². The lowest BCUT2D eigenvalue weighted by Gasteiger charge is -2.06. The summed E-state index contributed by atoms with van der Waals surface area (Å²) in [5, 5.41) is 6.96. The average Bonchev–Trinajstić information content (AvgIpc) is 3.17. The first-order valence-corrected chi connectivity index (χ1v) is 8.44. The zero-order valence-electron chi connectivity index (χ0n) is 13.2. The summed E-state index contributed by atoms with van der Waals surface area (Å²) in [6.45, 7) is 0.667. The van der Waals surface area contributed by atoms with Crippen molar-refractivity contribution in [3.05, 3.63) is 47.9 Å². The summed E-state index contributed by atoms with van der Waals surface area (Å²) in [5.41, 5.74) is 18.2. The molecule has 0 fully saturated rings. The van der Waals surface area contributed by atoms with Crippen LogP contribution in [0.2, 0.25) is 0 Å². The summed E-state index contributed by atoms with van der Waals surface area (Å²) in [5.74, 6) is 5.40. The molecule has 0 spiro atoms. The molecule has 1 aliphatic rings. The van der Waals surface area contributed by atoms with Crippen LogP contribution in [0.4, 0.5) is 5.69 Å². The van der Waals surface area contributed by atoms with Gasteiger partial charge in [-0.1, -0.05) is 17.8 Å². The Hall–Kier alpha value is -2.82. The van der Waals surface area contributed by atoms with E-state index in [0.717, 1.165) is 27.3 Å². The number of hydrazone groups is 1. The SMILES string of the molecule is NN/N=C(\N)c1cnc2c(c1)ncn2Cc1ccc2c(c1)SC(N)N2. The number of aromatic nitrogens is 3. The van der Waals surface area contributed by atoms with Gasteiger partial charge in [-0.25, -0.2) is 21.3 Å². The Bertz CT molecular complexity index is 965. The van der Waals surface area contributed by atoms with E-state index in [1.807, 2.05) is 16.7 Å². The van der Waals surface area contributed by atoms with Crippen molar-refractivity contribution in [2.75, 3.05) is 5.32 Å². The van der Waals surface area contributed by atoms with Crippen LogP contribution in [-0.2, 0) is 6.54 Å². The fourth-order valence-electron chi connectivity index (χ4n) is 2.74. The fraction of sp³-hybridized carbons (Fsp3) is 0.133. The minimum absolute atomic E-state index is 0.0884. The van der Waals surface area contributed by atoms with Crippen LogP contribution < -0.4 is 28.2 Å². The number of hydrazine groups is 1. The molecule has 10 heteroatoms. The number of imidazole rings is 1. The lowest BCUT2D eigenvalue weighted by Crippen LogP contribution is -2.23. The van der Waals surface area contributed by atoms with Gasteiger partial charge in [-0.2, -0.15) is 0 Å². The zero-order valence-corrected chi connectivity index (χ0v) is 14.0. The second kappa shape index (κ2) is 6.24. The number of rotatable bonds is 4. The van der Waals surface area contributed by atoms with Crippen molar-refractivity contribution >= 4 is 34.4 Å². The molecule has 3 aromatic rings. The molecule has 0 saturated carbocycles. The van der Waals surface area contributed by atoms with Gasteiger partial charge >= 0.3 is 0 Å². The molecule has 2 aromatic heterocycles. The number of benzene rings is 1. The first-order valence-electron chi connectivity index (χ1n) is 7.56. The van der Waals surface area contributed by atoms with Crippen molar-refractivity contribution in [1.82, 2.24) is 20.1 Å². The summed E-state index contributed by atoms with van der Waals surface area (Å²) >= 11 is 1.61. The molecule has 9 nitrogen and oxygen atoms in total. The first kappa shape index (κ1) is 15.7. The third kappa shape index (κ3) is 2.97. The molecule has 128 valence electrons. The van der Waals surface area contributed by atoms with Gasteiger partial charge in [0.25, 0.3) is 0 Å². The summed E-state index contributed by atoms with van der Waals surface area (Å²) in [6, 6.07) is 8.09. The number of hydrogen-bond acceptors (Lipinski definition) is 8. The number of amidine groups is 1. The number of nitrogens with two attached hydrogens (primary N) is 3. The summed E-state index contributed by atoms with van der Waals surface area (Å²) in [6.07, 6.45) is 3.42. The van der Waals surface area contributed by atoms with E-state index in [1.54, 1.807) is 24.3 Å². The van der Waals surface area contributed by atoms with Crippen molar-refractivity contribution in [2.24, 2.45) is 22.4 Å². The smallest absolute Gasteiger partial charge is 0.160 e. The molecule has 3 heterocycles. The molecule has 1 unspecified atom stereocenters. The highest BCUT2D eigenvalue weighted by Gasteiger charge is 2.18. The van der Waals surface area contributed by atoms with E-state index in [-0.39, 0.29) is 11.3 Å². The topological polar surface area (TPSA) is 145 Å². The second-order valence-electron chi connectivity index (χ2n) is 5.58. The Labute approximate surface area is 147 Å². The maximum atomic E-state index is 5.90. The third-order valence-corrected chi connectivity index (χ3v) is 4.85. The van der Waals surface area contributed by atoms with Crippen molar-refractivity contribution in [2.45, 2.75) is 16.9 Å². The molecule has 8 N–H and O–H groups in total. The predicted molar refractivity (Wildman–Crippen MR) is 98.6 cm³/mol.